The van der Waals surface area contributed by atoms with Crippen molar-refractivity contribution in [3.63, 3.8) is 0 Å². The lowest BCUT2D eigenvalue weighted by Gasteiger charge is -2.35. The molecule has 1 N–H and O–H groups in total. The second-order valence-electron chi connectivity index (χ2n) is 8.66. The molecule has 2 aliphatic rings. The molecular weight excluding hydrogens is 418 g/mol. The van der Waals surface area contributed by atoms with E-state index in [1.165, 1.54) is 6.26 Å². The Kier molecular flexibility index (Phi) is 6.54. The lowest BCUT2D eigenvalue weighted by atomic mass is 10.00. The van der Waals surface area contributed by atoms with Gasteiger partial charge in [-0.15, -0.1) is 0 Å². The Labute approximate surface area is 183 Å². The lowest BCUT2D eigenvalue weighted by Crippen LogP contribution is -2.47. The summed E-state index contributed by atoms with van der Waals surface area (Å²) in [5.74, 6) is 2.65. The van der Waals surface area contributed by atoms with Crippen molar-refractivity contribution in [3.8, 4) is 0 Å². The summed E-state index contributed by atoms with van der Waals surface area (Å²) < 4.78 is 34.8. The molecule has 0 radical (unpaired) electrons. The number of anilines is 1. The zero-order valence-corrected chi connectivity index (χ0v) is 19.1. The summed E-state index contributed by atoms with van der Waals surface area (Å²) in [6.07, 6.45) is 7.93. The molecule has 2 unspecified atom stereocenters. The second kappa shape index (κ2) is 9.17. The molecule has 4 heterocycles. The van der Waals surface area contributed by atoms with E-state index in [4.69, 9.17) is 9.84 Å². The molecule has 0 saturated carbocycles. The minimum Gasteiger partial charge on any atom is -0.376 e. The highest BCUT2D eigenvalue weighted by Gasteiger charge is 2.35. The molecule has 2 atom stereocenters. The normalized spacial score (nSPS) is 22.6. The van der Waals surface area contributed by atoms with Crippen LogP contribution >= 0.6 is 0 Å². The maximum Gasteiger partial charge on any atom is 0.225 e. The maximum atomic E-state index is 11.9. The Balaban J connectivity index is 1.42. The predicted molar refractivity (Wildman–Crippen MR) is 116 cm³/mol. The van der Waals surface area contributed by atoms with Crippen molar-refractivity contribution < 1.29 is 13.2 Å². The Hall–Kier alpha value is -2.11. The van der Waals surface area contributed by atoms with Crippen molar-refractivity contribution in [2.75, 3.05) is 30.9 Å². The van der Waals surface area contributed by atoms with E-state index in [1.54, 1.807) is 12.4 Å². The number of aryl methyl sites for hydroxylation is 1. The fourth-order valence-electron chi connectivity index (χ4n) is 4.21. The van der Waals surface area contributed by atoms with Gasteiger partial charge in [0.15, 0.2) is 5.82 Å². The molecule has 4 rings (SSSR count). The molecule has 0 aromatic carbocycles. The van der Waals surface area contributed by atoms with Crippen LogP contribution in [-0.2, 0) is 21.2 Å². The van der Waals surface area contributed by atoms with Gasteiger partial charge >= 0.3 is 0 Å². The molecule has 0 amide bonds. The minimum absolute atomic E-state index is 0.109. The first-order chi connectivity index (χ1) is 14.8. The first kappa shape index (κ1) is 22.1. The molecule has 1 saturated heterocycles. The molecule has 10 nitrogen and oxygen atoms in total. The average Bonchev–Trinajstić information content (AvgIpc) is 3.18. The van der Waals surface area contributed by atoms with Gasteiger partial charge in [-0.25, -0.2) is 32.8 Å². The van der Waals surface area contributed by atoms with Gasteiger partial charge in [0.25, 0.3) is 0 Å². The van der Waals surface area contributed by atoms with Gasteiger partial charge in [-0.05, 0) is 25.3 Å². The van der Waals surface area contributed by atoms with Gasteiger partial charge in [-0.2, -0.15) is 5.10 Å². The number of aromatic nitrogens is 5. The first-order valence-electron chi connectivity index (χ1n) is 10.9. The van der Waals surface area contributed by atoms with Crippen LogP contribution in [0, 0.1) is 0 Å². The van der Waals surface area contributed by atoms with E-state index < -0.39 is 10.0 Å². The molecule has 2 aromatic heterocycles. The number of nitrogens with one attached hydrogen (secondary N) is 1. The monoisotopic (exact) mass is 449 g/mol. The standard InChI is InChI=1S/C20H31N7O3S/c1-14(2)19-23-18-6-5-16(25-31(3,28)29)17(27(18)24-19)13-30-15-7-11-26(12-8-15)20-21-9-4-10-22-20/h4,9-10,14-17,25H,5-8,11-13H2,1-3H3. The Morgan fingerprint density at radius 3 is 2.55 bits per heavy atom. The van der Waals surface area contributed by atoms with Crippen LogP contribution in [0.25, 0.3) is 0 Å². The third kappa shape index (κ3) is 5.39. The van der Waals surface area contributed by atoms with Crippen molar-refractivity contribution in [1.82, 2.24) is 29.5 Å². The van der Waals surface area contributed by atoms with E-state index in [-0.39, 0.29) is 24.1 Å². The van der Waals surface area contributed by atoms with Gasteiger partial charge in [0.1, 0.15) is 5.82 Å². The minimum atomic E-state index is -3.34. The maximum absolute atomic E-state index is 11.9. The molecule has 0 bridgehead atoms. The highest BCUT2D eigenvalue weighted by atomic mass is 32.2. The van der Waals surface area contributed by atoms with Gasteiger partial charge in [0.05, 0.1) is 25.0 Å². The SMILES string of the molecule is CC(C)c1nc2n(n1)C(COC1CCN(c3ncccn3)CC1)C(NS(C)(=O)=O)CC2. The van der Waals surface area contributed by atoms with Gasteiger partial charge in [0, 0.05) is 43.9 Å². The Morgan fingerprint density at radius 2 is 1.90 bits per heavy atom. The Bertz CT molecular complexity index is 972. The molecule has 170 valence electrons. The Morgan fingerprint density at radius 1 is 1.19 bits per heavy atom. The van der Waals surface area contributed by atoms with Crippen LogP contribution in [0.5, 0.6) is 0 Å². The fourth-order valence-corrected chi connectivity index (χ4v) is 5.04. The molecular formula is C20H31N7O3S. The number of rotatable bonds is 7. The number of hydrogen-bond acceptors (Lipinski definition) is 8. The van der Waals surface area contributed by atoms with Crippen LogP contribution in [0.3, 0.4) is 0 Å². The van der Waals surface area contributed by atoms with Crippen molar-refractivity contribution in [2.24, 2.45) is 0 Å². The number of ether oxygens (including phenoxy) is 1. The highest BCUT2D eigenvalue weighted by molar-refractivity contribution is 7.88. The van der Waals surface area contributed by atoms with E-state index in [2.05, 4.69) is 38.4 Å². The van der Waals surface area contributed by atoms with Crippen LogP contribution in [0.2, 0.25) is 0 Å². The van der Waals surface area contributed by atoms with E-state index in [0.717, 1.165) is 43.5 Å². The number of hydrogen-bond donors (Lipinski definition) is 1. The first-order valence-corrected chi connectivity index (χ1v) is 12.8. The number of sulfonamides is 1. The molecule has 0 spiro atoms. The van der Waals surface area contributed by atoms with Crippen molar-refractivity contribution in [1.29, 1.82) is 0 Å². The predicted octanol–water partition coefficient (Wildman–Crippen LogP) is 1.28. The van der Waals surface area contributed by atoms with Crippen LogP contribution < -0.4 is 9.62 Å². The molecule has 1 fully saturated rings. The number of fused-ring (bicyclic) bond motifs is 1. The van der Waals surface area contributed by atoms with E-state index in [1.807, 2.05) is 10.7 Å². The van der Waals surface area contributed by atoms with Crippen molar-refractivity contribution in [2.45, 2.75) is 63.6 Å². The van der Waals surface area contributed by atoms with Crippen LogP contribution in [0.1, 0.15) is 56.7 Å². The zero-order chi connectivity index (χ0) is 22.0. The largest absolute Gasteiger partial charge is 0.376 e. The summed E-state index contributed by atoms with van der Waals surface area (Å²) in [6.45, 7) is 6.17. The van der Waals surface area contributed by atoms with Crippen LogP contribution in [-0.4, -0.2) is 71.2 Å². The zero-order valence-electron chi connectivity index (χ0n) is 18.3. The molecule has 0 aliphatic carbocycles. The average molecular weight is 450 g/mol. The van der Waals surface area contributed by atoms with E-state index in [0.29, 0.717) is 19.4 Å². The highest BCUT2D eigenvalue weighted by Crippen LogP contribution is 2.28. The van der Waals surface area contributed by atoms with Crippen molar-refractivity contribution in [3.05, 3.63) is 30.1 Å². The summed E-state index contributed by atoms with van der Waals surface area (Å²) in [4.78, 5) is 15.5. The third-order valence-electron chi connectivity index (χ3n) is 5.84. The quantitative estimate of drug-likeness (QED) is 0.672. The van der Waals surface area contributed by atoms with Crippen LogP contribution in [0.4, 0.5) is 5.95 Å². The fraction of sp³-hybridized carbons (Fsp3) is 0.700. The molecule has 2 aliphatic heterocycles. The van der Waals surface area contributed by atoms with Gasteiger partial charge in [-0.3, -0.25) is 0 Å². The number of nitrogens with zero attached hydrogens (tertiary/aromatic N) is 6. The molecule has 31 heavy (non-hydrogen) atoms. The van der Waals surface area contributed by atoms with Crippen LogP contribution in [0.15, 0.2) is 18.5 Å². The van der Waals surface area contributed by atoms with E-state index >= 15 is 0 Å². The second-order valence-corrected chi connectivity index (χ2v) is 10.4. The summed E-state index contributed by atoms with van der Waals surface area (Å²) in [7, 11) is -3.34. The van der Waals surface area contributed by atoms with Crippen molar-refractivity contribution >= 4 is 16.0 Å². The van der Waals surface area contributed by atoms with Gasteiger partial charge in [0.2, 0.25) is 16.0 Å². The van der Waals surface area contributed by atoms with Gasteiger partial charge in [-0.1, -0.05) is 13.8 Å². The number of piperidine rings is 1. The van der Waals surface area contributed by atoms with Gasteiger partial charge < -0.3 is 9.64 Å². The topological polar surface area (TPSA) is 115 Å². The molecule has 2 aromatic rings. The summed E-state index contributed by atoms with van der Waals surface area (Å²) in [6, 6.07) is 1.34. The summed E-state index contributed by atoms with van der Waals surface area (Å²) in [5, 5.41) is 4.69. The summed E-state index contributed by atoms with van der Waals surface area (Å²) in [5.41, 5.74) is 0. The lowest BCUT2D eigenvalue weighted by molar-refractivity contribution is 0.00578. The molecule has 11 heteroatoms. The third-order valence-corrected chi connectivity index (χ3v) is 6.57. The smallest absolute Gasteiger partial charge is 0.225 e. The summed E-state index contributed by atoms with van der Waals surface area (Å²) >= 11 is 0. The van der Waals surface area contributed by atoms with E-state index in [9.17, 15) is 8.42 Å².